The third kappa shape index (κ3) is 14.2. The quantitative estimate of drug-likeness (QED) is 0.477. The molecule has 0 saturated heterocycles. The van der Waals surface area contributed by atoms with Gasteiger partial charge in [-0.3, -0.25) is 0 Å². The SMILES string of the molecule is [Cu].[O]=[Cu][OH]. The van der Waals surface area contributed by atoms with Crippen molar-refractivity contribution in [3.63, 3.8) is 0 Å². The van der Waals surface area contributed by atoms with Gasteiger partial charge >= 0.3 is 23.2 Å². The maximum absolute atomic E-state index is 8.39. The van der Waals surface area contributed by atoms with Crippen molar-refractivity contribution in [2.24, 2.45) is 0 Å². The fourth-order valence-electron chi connectivity index (χ4n) is 0. The summed E-state index contributed by atoms with van der Waals surface area (Å²) in [5, 5.41) is 0. The molecule has 0 aliphatic heterocycles. The van der Waals surface area contributed by atoms with E-state index >= 15 is 0 Å². The molecule has 0 spiro atoms. The summed E-state index contributed by atoms with van der Waals surface area (Å²) in [7, 11) is 0. The van der Waals surface area contributed by atoms with Gasteiger partial charge in [0.1, 0.15) is 0 Å². The van der Waals surface area contributed by atoms with E-state index in [9.17, 15) is 0 Å². The van der Waals surface area contributed by atoms with Crippen molar-refractivity contribution in [2.75, 3.05) is 0 Å². The molecule has 2 nitrogen and oxygen atoms in total. The Kier molecular flexibility index (Phi) is 20.3. The monoisotopic (exact) mass is 159 g/mol. The predicted molar refractivity (Wildman–Crippen MR) is 2.91 cm³/mol. The van der Waals surface area contributed by atoms with Gasteiger partial charge in [-0.1, -0.05) is 0 Å². The Morgan fingerprint density at radius 1 is 1.75 bits per heavy atom. The molecule has 0 heterocycles. The van der Waals surface area contributed by atoms with Crippen LogP contribution in [0.2, 0.25) is 0 Å². The summed E-state index contributed by atoms with van der Waals surface area (Å²) < 4.78 is 15.3. The zero-order valence-corrected chi connectivity index (χ0v) is 3.34. The van der Waals surface area contributed by atoms with Crippen molar-refractivity contribution in [3.8, 4) is 0 Å². The summed E-state index contributed by atoms with van der Waals surface area (Å²) in [6, 6.07) is 0. The molecule has 1 radical (unpaired) electrons. The number of hydrogen-bond acceptors (Lipinski definition) is 1. The third-order valence-electron chi connectivity index (χ3n) is 0. The van der Waals surface area contributed by atoms with Crippen molar-refractivity contribution in [3.05, 3.63) is 0 Å². The van der Waals surface area contributed by atoms with E-state index in [1.165, 1.54) is 0 Å². The summed E-state index contributed by atoms with van der Waals surface area (Å²) in [5.74, 6) is 0. The Morgan fingerprint density at radius 2 is 1.75 bits per heavy atom. The zero-order valence-electron chi connectivity index (χ0n) is 1.46. The van der Waals surface area contributed by atoms with Gasteiger partial charge in [0, 0.05) is 17.1 Å². The molecule has 0 aromatic rings. The van der Waals surface area contributed by atoms with Crippen LogP contribution in [0.3, 0.4) is 0 Å². The second kappa shape index (κ2) is 9.20. The second-order valence-corrected chi connectivity index (χ2v) is 0.227. The first kappa shape index (κ1) is 8.84. The molecule has 0 amide bonds. The Bertz CT molecular complexity index is 11.5. The Balaban J connectivity index is 0. The van der Waals surface area contributed by atoms with Crippen LogP contribution in [0.25, 0.3) is 0 Å². The minimum absolute atomic E-state index is 0. The fraction of sp³-hybridized carbons (Fsp3) is 0. The molecule has 0 rings (SSSR count). The molecule has 35 valence electrons. The van der Waals surface area contributed by atoms with E-state index in [1.54, 1.807) is 0 Å². The average molecular weight is 160 g/mol. The van der Waals surface area contributed by atoms with E-state index in [0.717, 1.165) is 0 Å². The van der Waals surface area contributed by atoms with Gasteiger partial charge in [-0.05, 0) is 0 Å². The van der Waals surface area contributed by atoms with Crippen LogP contribution in [0.4, 0.5) is 0 Å². The summed E-state index contributed by atoms with van der Waals surface area (Å²) in [6.45, 7) is 0. The first-order valence-electron chi connectivity index (χ1n) is 0.258. The Morgan fingerprint density at radius 3 is 1.75 bits per heavy atom. The van der Waals surface area contributed by atoms with Crippen LogP contribution in [0.1, 0.15) is 0 Å². The standard InChI is InChI=1S/2Cu.H2O.O/h;;1H2;/q;+1;;/p-1. The van der Waals surface area contributed by atoms with Crippen LogP contribution in [0.5, 0.6) is 0 Å². The van der Waals surface area contributed by atoms with Gasteiger partial charge in [0.25, 0.3) is 0 Å². The number of rotatable bonds is 0. The first-order valence-corrected chi connectivity index (χ1v) is 1.06. The predicted octanol–water partition coefficient (Wildman–Crippen LogP) is -0.681. The third-order valence-corrected chi connectivity index (χ3v) is 0. The second-order valence-electron chi connectivity index (χ2n) is 0.0550. The van der Waals surface area contributed by atoms with E-state index in [1.807, 2.05) is 0 Å². The topological polar surface area (TPSA) is 37.3 Å². The van der Waals surface area contributed by atoms with Crippen LogP contribution >= 0.6 is 0 Å². The summed E-state index contributed by atoms with van der Waals surface area (Å²) in [4.78, 5) is 0. The molecule has 0 bridgehead atoms. The number of hydrogen-bond donors (Lipinski definition) is 1. The van der Waals surface area contributed by atoms with Crippen molar-refractivity contribution >= 4 is 0 Å². The normalized spacial score (nSPS) is 5.25. The van der Waals surface area contributed by atoms with E-state index < -0.39 is 15.2 Å². The molecule has 0 saturated carbocycles. The van der Waals surface area contributed by atoms with Gasteiger partial charge in [-0.25, -0.2) is 0 Å². The molecular formula is HCu2O2. The molecule has 0 aromatic carbocycles. The minimum atomic E-state index is -0.438. The first-order chi connectivity index (χ1) is 1.41. The Labute approximate surface area is 40.7 Å². The van der Waals surface area contributed by atoms with Gasteiger partial charge in [-0.2, -0.15) is 0 Å². The van der Waals surface area contributed by atoms with Crippen LogP contribution < -0.4 is 0 Å². The van der Waals surface area contributed by atoms with Gasteiger partial charge in [-0.15, -0.1) is 0 Å². The van der Waals surface area contributed by atoms with E-state index in [0.29, 0.717) is 0 Å². The van der Waals surface area contributed by atoms with Crippen LogP contribution in [-0.2, 0) is 36.1 Å². The molecule has 0 atom stereocenters. The van der Waals surface area contributed by atoms with Crippen LogP contribution in [0, 0.1) is 0 Å². The van der Waals surface area contributed by atoms with Crippen molar-refractivity contribution in [1.29, 1.82) is 0 Å². The molecule has 0 aliphatic carbocycles. The van der Waals surface area contributed by atoms with Crippen LogP contribution in [0.15, 0.2) is 0 Å². The summed E-state index contributed by atoms with van der Waals surface area (Å²) >= 11 is -0.438. The van der Waals surface area contributed by atoms with Crippen LogP contribution in [-0.4, -0.2) is 4.19 Å². The van der Waals surface area contributed by atoms with Crippen molar-refractivity contribution in [1.82, 2.24) is 0 Å². The molecular weight excluding hydrogens is 159 g/mol. The molecule has 0 aromatic heterocycles. The molecule has 0 unspecified atom stereocenters. The summed E-state index contributed by atoms with van der Waals surface area (Å²) in [6.07, 6.45) is 0. The zero-order chi connectivity index (χ0) is 2.71. The average Bonchev–Trinajstić information content (AvgIpc) is 0.918. The van der Waals surface area contributed by atoms with E-state index in [-0.39, 0.29) is 17.1 Å². The maximum atomic E-state index is 8.39. The van der Waals surface area contributed by atoms with Gasteiger partial charge in [0.2, 0.25) is 0 Å². The van der Waals surface area contributed by atoms with Crippen molar-refractivity contribution < 1.29 is 40.3 Å². The molecule has 0 aliphatic rings. The molecule has 0 fully saturated rings. The van der Waals surface area contributed by atoms with Gasteiger partial charge < -0.3 is 0 Å². The Hall–Kier alpha value is 0.799. The van der Waals surface area contributed by atoms with E-state index in [2.05, 4.69) is 0 Å². The summed E-state index contributed by atoms with van der Waals surface area (Å²) in [5.41, 5.74) is 0. The van der Waals surface area contributed by atoms with Gasteiger partial charge in [0.05, 0.1) is 0 Å². The van der Waals surface area contributed by atoms with Crippen molar-refractivity contribution in [2.45, 2.75) is 0 Å². The molecule has 1 N–H and O–H groups in total. The molecule has 4 heavy (non-hydrogen) atoms. The fourth-order valence-corrected chi connectivity index (χ4v) is 0. The molecule has 4 heteroatoms. The van der Waals surface area contributed by atoms with Gasteiger partial charge in [0.15, 0.2) is 0 Å². The van der Waals surface area contributed by atoms with E-state index in [4.69, 9.17) is 8.02 Å².